The van der Waals surface area contributed by atoms with Crippen molar-refractivity contribution in [2.75, 3.05) is 13.1 Å². The number of hydrogen-bond donors (Lipinski definition) is 2. The number of carbonyl (C=O) groups is 1. The summed E-state index contributed by atoms with van der Waals surface area (Å²) in [7, 11) is 0. The van der Waals surface area contributed by atoms with Gasteiger partial charge in [-0.25, -0.2) is 5.48 Å². The Bertz CT molecular complexity index is 591. The van der Waals surface area contributed by atoms with Gasteiger partial charge in [0.15, 0.2) is 0 Å². The second-order valence-electron chi connectivity index (χ2n) is 7.16. The third-order valence-corrected chi connectivity index (χ3v) is 5.44. The maximum Gasteiger partial charge on any atom is 0.267 e. The standard InChI is InChI=1S/C20H28N2O2/c23-20(21-24)9-7-17-6-8-18-11-13-22(15-19(18)14-17)12-10-16-4-2-1-3-5-16/h6-9,14,16,24H,1-5,10-13,15H2,(H,21,23)/b9-7+. The van der Waals surface area contributed by atoms with E-state index in [4.69, 9.17) is 5.21 Å². The zero-order chi connectivity index (χ0) is 16.8. The monoisotopic (exact) mass is 328 g/mol. The molecule has 1 aliphatic carbocycles. The minimum atomic E-state index is -0.498. The largest absolute Gasteiger partial charge is 0.299 e. The second kappa shape index (κ2) is 8.45. The predicted molar refractivity (Wildman–Crippen MR) is 95.6 cm³/mol. The minimum absolute atomic E-state index is 0.498. The molecule has 4 heteroatoms. The molecule has 1 saturated carbocycles. The number of nitrogens with zero attached hydrogens (tertiary/aromatic N) is 1. The SMILES string of the molecule is O=C(/C=C/c1ccc2c(c1)CN(CCC1CCCCC1)CC2)NO. The third-order valence-electron chi connectivity index (χ3n) is 5.44. The zero-order valence-corrected chi connectivity index (χ0v) is 14.3. The Morgan fingerprint density at radius 2 is 2.08 bits per heavy atom. The van der Waals surface area contributed by atoms with E-state index in [2.05, 4.69) is 17.0 Å². The van der Waals surface area contributed by atoms with Crippen LogP contribution in [-0.2, 0) is 17.8 Å². The van der Waals surface area contributed by atoms with Crippen molar-refractivity contribution in [1.29, 1.82) is 0 Å². The fourth-order valence-corrected chi connectivity index (χ4v) is 3.98. The molecule has 1 heterocycles. The maximum absolute atomic E-state index is 11.1. The quantitative estimate of drug-likeness (QED) is 0.494. The lowest BCUT2D eigenvalue weighted by Gasteiger charge is -2.31. The van der Waals surface area contributed by atoms with Crippen LogP contribution in [0.1, 0.15) is 55.2 Å². The van der Waals surface area contributed by atoms with Gasteiger partial charge < -0.3 is 0 Å². The Kier molecular flexibility index (Phi) is 6.05. The zero-order valence-electron chi connectivity index (χ0n) is 14.3. The van der Waals surface area contributed by atoms with E-state index in [1.165, 1.54) is 62.3 Å². The van der Waals surface area contributed by atoms with Gasteiger partial charge in [0.25, 0.3) is 5.91 Å². The summed E-state index contributed by atoms with van der Waals surface area (Å²) in [4.78, 5) is 13.7. The van der Waals surface area contributed by atoms with Crippen molar-refractivity contribution in [2.45, 2.75) is 51.5 Å². The van der Waals surface area contributed by atoms with E-state index in [0.29, 0.717) is 0 Å². The van der Waals surface area contributed by atoms with E-state index in [9.17, 15) is 4.79 Å². The first-order chi connectivity index (χ1) is 11.7. The molecule has 0 spiro atoms. The van der Waals surface area contributed by atoms with E-state index in [1.54, 1.807) is 11.6 Å². The molecule has 4 nitrogen and oxygen atoms in total. The van der Waals surface area contributed by atoms with Gasteiger partial charge >= 0.3 is 0 Å². The van der Waals surface area contributed by atoms with E-state index in [-0.39, 0.29) is 0 Å². The average Bonchev–Trinajstić information content (AvgIpc) is 2.64. The fraction of sp³-hybridized carbons (Fsp3) is 0.550. The summed E-state index contributed by atoms with van der Waals surface area (Å²) in [5.74, 6) is 0.438. The van der Waals surface area contributed by atoms with Crippen LogP contribution in [-0.4, -0.2) is 29.1 Å². The van der Waals surface area contributed by atoms with Crippen LogP contribution in [0.3, 0.4) is 0 Å². The Hall–Kier alpha value is -1.65. The molecule has 1 aromatic carbocycles. The number of hydroxylamine groups is 1. The Balaban J connectivity index is 1.57. The summed E-state index contributed by atoms with van der Waals surface area (Å²) >= 11 is 0. The summed E-state index contributed by atoms with van der Waals surface area (Å²) in [5.41, 5.74) is 5.42. The average molecular weight is 328 g/mol. The minimum Gasteiger partial charge on any atom is -0.299 e. The first-order valence-electron chi connectivity index (χ1n) is 9.21. The van der Waals surface area contributed by atoms with Crippen molar-refractivity contribution in [1.82, 2.24) is 10.4 Å². The Morgan fingerprint density at radius 3 is 2.88 bits per heavy atom. The number of amides is 1. The highest BCUT2D eigenvalue weighted by atomic mass is 16.5. The molecule has 24 heavy (non-hydrogen) atoms. The summed E-state index contributed by atoms with van der Waals surface area (Å²) in [6.45, 7) is 3.37. The summed E-state index contributed by atoms with van der Waals surface area (Å²) in [5, 5.41) is 8.55. The van der Waals surface area contributed by atoms with Gasteiger partial charge in [0.1, 0.15) is 0 Å². The van der Waals surface area contributed by atoms with E-state index < -0.39 is 5.91 Å². The topological polar surface area (TPSA) is 52.6 Å². The van der Waals surface area contributed by atoms with Crippen molar-refractivity contribution >= 4 is 12.0 Å². The van der Waals surface area contributed by atoms with Crippen LogP contribution in [0, 0.1) is 5.92 Å². The number of hydrogen-bond acceptors (Lipinski definition) is 3. The van der Waals surface area contributed by atoms with Crippen LogP contribution >= 0.6 is 0 Å². The predicted octanol–water partition coefficient (Wildman–Crippen LogP) is 3.53. The van der Waals surface area contributed by atoms with Crippen molar-refractivity contribution in [2.24, 2.45) is 5.92 Å². The summed E-state index contributed by atoms with van der Waals surface area (Å²) in [6, 6.07) is 6.38. The molecular weight excluding hydrogens is 300 g/mol. The van der Waals surface area contributed by atoms with Gasteiger partial charge in [-0.3, -0.25) is 14.9 Å². The number of carbonyl (C=O) groups excluding carboxylic acids is 1. The highest BCUT2D eigenvalue weighted by molar-refractivity contribution is 5.90. The van der Waals surface area contributed by atoms with Crippen molar-refractivity contribution < 1.29 is 10.0 Å². The molecule has 1 aromatic rings. The lowest BCUT2D eigenvalue weighted by Crippen LogP contribution is -2.32. The number of benzene rings is 1. The Morgan fingerprint density at radius 1 is 1.25 bits per heavy atom. The number of fused-ring (bicyclic) bond motifs is 1. The van der Waals surface area contributed by atoms with Crippen molar-refractivity contribution in [3.8, 4) is 0 Å². The molecule has 0 radical (unpaired) electrons. The molecule has 0 bridgehead atoms. The third kappa shape index (κ3) is 4.68. The highest BCUT2D eigenvalue weighted by Crippen LogP contribution is 2.27. The van der Waals surface area contributed by atoms with Crippen LogP contribution in [0.25, 0.3) is 6.08 Å². The van der Waals surface area contributed by atoms with Gasteiger partial charge in [-0.05, 0) is 48.1 Å². The number of nitrogens with one attached hydrogen (secondary N) is 1. The van der Waals surface area contributed by atoms with Gasteiger partial charge in [-0.15, -0.1) is 0 Å². The molecule has 0 aromatic heterocycles. The van der Waals surface area contributed by atoms with Gasteiger partial charge in [0, 0.05) is 19.2 Å². The molecule has 3 rings (SSSR count). The van der Waals surface area contributed by atoms with Crippen LogP contribution < -0.4 is 5.48 Å². The van der Waals surface area contributed by atoms with Crippen LogP contribution in [0.5, 0.6) is 0 Å². The van der Waals surface area contributed by atoms with Gasteiger partial charge in [-0.2, -0.15) is 0 Å². The van der Waals surface area contributed by atoms with E-state index >= 15 is 0 Å². The smallest absolute Gasteiger partial charge is 0.267 e. The normalized spacial score (nSPS) is 19.4. The molecule has 0 atom stereocenters. The highest BCUT2D eigenvalue weighted by Gasteiger charge is 2.19. The second-order valence-corrected chi connectivity index (χ2v) is 7.16. The van der Waals surface area contributed by atoms with Crippen LogP contribution in [0.4, 0.5) is 0 Å². The summed E-state index contributed by atoms with van der Waals surface area (Å²) < 4.78 is 0. The fourth-order valence-electron chi connectivity index (χ4n) is 3.98. The molecule has 0 unspecified atom stereocenters. The molecule has 2 aliphatic rings. The lowest BCUT2D eigenvalue weighted by atomic mass is 9.86. The van der Waals surface area contributed by atoms with E-state index in [0.717, 1.165) is 31.0 Å². The maximum atomic E-state index is 11.1. The van der Waals surface area contributed by atoms with Crippen molar-refractivity contribution in [3.63, 3.8) is 0 Å². The van der Waals surface area contributed by atoms with Gasteiger partial charge in [0.05, 0.1) is 0 Å². The number of rotatable bonds is 5. The van der Waals surface area contributed by atoms with E-state index in [1.807, 2.05) is 6.07 Å². The van der Waals surface area contributed by atoms with Gasteiger partial charge in [-0.1, -0.05) is 50.3 Å². The lowest BCUT2D eigenvalue weighted by molar-refractivity contribution is -0.124. The van der Waals surface area contributed by atoms with Crippen LogP contribution in [0.2, 0.25) is 0 Å². The molecule has 1 aliphatic heterocycles. The summed E-state index contributed by atoms with van der Waals surface area (Å²) in [6.07, 6.45) is 12.7. The van der Waals surface area contributed by atoms with Crippen LogP contribution in [0.15, 0.2) is 24.3 Å². The van der Waals surface area contributed by atoms with Crippen molar-refractivity contribution in [3.05, 3.63) is 41.0 Å². The molecule has 0 saturated heterocycles. The first kappa shape index (κ1) is 17.2. The molecular formula is C20H28N2O2. The van der Waals surface area contributed by atoms with Gasteiger partial charge in [0.2, 0.25) is 0 Å². The molecule has 1 fully saturated rings. The first-order valence-corrected chi connectivity index (χ1v) is 9.21. The molecule has 1 amide bonds. The molecule has 2 N–H and O–H groups in total. The molecule has 130 valence electrons. The Labute approximate surface area is 144 Å².